The highest BCUT2D eigenvalue weighted by molar-refractivity contribution is 7.07. The molecular formula is C16H20FNOS. The molecule has 2 N–H and O–H groups in total. The number of nitrogens with one attached hydrogen (secondary N) is 1. The summed E-state index contributed by atoms with van der Waals surface area (Å²) in [5.41, 5.74) is 2.10. The number of aliphatic hydroxyl groups excluding tert-OH is 1. The Labute approximate surface area is 123 Å². The van der Waals surface area contributed by atoms with Crippen LogP contribution in [0.5, 0.6) is 0 Å². The molecule has 2 unspecified atom stereocenters. The van der Waals surface area contributed by atoms with Crippen molar-refractivity contribution in [3.8, 4) is 0 Å². The van der Waals surface area contributed by atoms with Gasteiger partial charge in [0.15, 0.2) is 0 Å². The maximum atomic E-state index is 12.8. The van der Waals surface area contributed by atoms with Crippen molar-refractivity contribution in [2.24, 2.45) is 0 Å². The van der Waals surface area contributed by atoms with Gasteiger partial charge in [-0.15, -0.1) is 0 Å². The van der Waals surface area contributed by atoms with Crippen LogP contribution in [0.3, 0.4) is 0 Å². The molecular weight excluding hydrogens is 273 g/mol. The lowest BCUT2D eigenvalue weighted by Crippen LogP contribution is -2.30. The lowest BCUT2D eigenvalue weighted by molar-refractivity contribution is 0.170. The van der Waals surface area contributed by atoms with E-state index in [1.54, 1.807) is 11.3 Å². The average molecular weight is 293 g/mol. The molecule has 20 heavy (non-hydrogen) atoms. The quantitative estimate of drug-likeness (QED) is 0.818. The Morgan fingerprint density at radius 3 is 2.65 bits per heavy atom. The van der Waals surface area contributed by atoms with Crippen molar-refractivity contribution >= 4 is 11.3 Å². The first kappa shape index (κ1) is 15.2. The number of aliphatic hydroxyl groups is 1. The SMILES string of the molecule is CC(CCc1ccc(F)cc1)NCC(O)c1ccsc1. The molecule has 1 aromatic heterocycles. The van der Waals surface area contributed by atoms with Crippen LogP contribution in [0.2, 0.25) is 0 Å². The largest absolute Gasteiger partial charge is 0.387 e. The summed E-state index contributed by atoms with van der Waals surface area (Å²) in [6.45, 7) is 2.66. The molecule has 2 aromatic rings. The number of thiophene rings is 1. The highest BCUT2D eigenvalue weighted by atomic mass is 32.1. The van der Waals surface area contributed by atoms with Gasteiger partial charge in [0.1, 0.15) is 5.82 Å². The van der Waals surface area contributed by atoms with Crippen molar-refractivity contribution in [3.63, 3.8) is 0 Å². The molecule has 0 saturated heterocycles. The Morgan fingerprint density at radius 2 is 2.00 bits per heavy atom. The zero-order valence-electron chi connectivity index (χ0n) is 11.6. The number of aryl methyl sites for hydroxylation is 1. The summed E-state index contributed by atoms with van der Waals surface area (Å²) in [5.74, 6) is -0.196. The van der Waals surface area contributed by atoms with Crippen LogP contribution in [0.1, 0.15) is 30.6 Å². The summed E-state index contributed by atoms with van der Waals surface area (Å²) in [6, 6.07) is 8.89. The van der Waals surface area contributed by atoms with E-state index in [-0.39, 0.29) is 5.82 Å². The molecule has 0 bridgehead atoms. The number of benzene rings is 1. The Morgan fingerprint density at radius 1 is 1.25 bits per heavy atom. The minimum absolute atomic E-state index is 0.196. The van der Waals surface area contributed by atoms with E-state index in [0.717, 1.165) is 24.0 Å². The number of rotatable bonds is 7. The first-order valence-electron chi connectivity index (χ1n) is 6.83. The van der Waals surface area contributed by atoms with Crippen LogP contribution in [0.15, 0.2) is 41.1 Å². The topological polar surface area (TPSA) is 32.3 Å². The molecule has 0 radical (unpaired) electrons. The Bertz CT molecular complexity index is 498. The van der Waals surface area contributed by atoms with E-state index in [2.05, 4.69) is 12.2 Å². The van der Waals surface area contributed by atoms with Crippen molar-refractivity contribution in [3.05, 3.63) is 58.0 Å². The van der Waals surface area contributed by atoms with E-state index >= 15 is 0 Å². The molecule has 0 saturated carbocycles. The van der Waals surface area contributed by atoms with Crippen LogP contribution in [-0.4, -0.2) is 17.7 Å². The molecule has 0 aliphatic rings. The van der Waals surface area contributed by atoms with Gasteiger partial charge in [-0.3, -0.25) is 0 Å². The molecule has 0 aliphatic heterocycles. The summed E-state index contributed by atoms with van der Waals surface area (Å²) in [6.07, 6.45) is 1.42. The number of halogens is 1. The Kier molecular flexibility index (Phi) is 5.71. The third-order valence-electron chi connectivity index (χ3n) is 3.37. The predicted molar refractivity (Wildman–Crippen MR) is 81.5 cm³/mol. The first-order chi connectivity index (χ1) is 9.65. The number of hydrogen-bond donors (Lipinski definition) is 2. The van der Waals surface area contributed by atoms with E-state index in [9.17, 15) is 9.50 Å². The van der Waals surface area contributed by atoms with E-state index < -0.39 is 6.10 Å². The van der Waals surface area contributed by atoms with E-state index in [4.69, 9.17) is 0 Å². The van der Waals surface area contributed by atoms with Gasteiger partial charge in [-0.2, -0.15) is 11.3 Å². The fourth-order valence-electron chi connectivity index (χ4n) is 2.03. The molecule has 0 fully saturated rings. The lowest BCUT2D eigenvalue weighted by Gasteiger charge is -2.16. The summed E-state index contributed by atoms with van der Waals surface area (Å²) in [5, 5.41) is 17.2. The van der Waals surface area contributed by atoms with E-state index in [1.165, 1.54) is 12.1 Å². The molecule has 2 rings (SSSR count). The second-order valence-corrected chi connectivity index (χ2v) is 5.83. The lowest BCUT2D eigenvalue weighted by atomic mass is 10.1. The molecule has 0 spiro atoms. The maximum Gasteiger partial charge on any atom is 0.123 e. The van der Waals surface area contributed by atoms with Crippen molar-refractivity contribution in [2.45, 2.75) is 31.9 Å². The summed E-state index contributed by atoms with van der Waals surface area (Å²) in [7, 11) is 0. The zero-order chi connectivity index (χ0) is 14.4. The summed E-state index contributed by atoms with van der Waals surface area (Å²) in [4.78, 5) is 0. The molecule has 2 nitrogen and oxygen atoms in total. The molecule has 1 heterocycles. The minimum atomic E-state index is -0.450. The van der Waals surface area contributed by atoms with Crippen molar-refractivity contribution in [1.82, 2.24) is 5.32 Å². The highest BCUT2D eigenvalue weighted by Gasteiger charge is 2.09. The van der Waals surface area contributed by atoms with Gasteiger partial charge in [-0.1, -0.05) is 12.1 Å². The molecule has 2 atom stereocenters. The normalized spacial score (nSPS) is 14.2. The monoisotopic (exact) mass is 293 g/mol. The zero-order valence-corrected chi connectivity index (χ0v) is 12.4. The molecule has 0 amide bonds. The minimum Gasteiger partial charge on any atom is -0.387 e. The third kappa shape index (κ3) is 4.71. The van der Waals surface area contributed by atoms with Crippen molar-refractivity contribution < 1.29 is 9.50 Å². The van der Waals surface area contributed by atoms with Crippen molar-refractivity contribution in [2.75, 3.05) is 6.54 Å². The molecule has 108 valence electrons. The molecule has 4 heteroatoms. The highest BCUT2D eigenvalue weighted by Crippen LogP contribution is 2.15. The fourth-order valence-corrected chi connectivity index (χ4v) is 2.74. The number of hydrogen-bond acceptors (Lipinski definition) is 3. The second-order valence-electron chi connectivity index (χ2n) is 5.05. The molecule has 0 aliphatic carbocycles. The molecule has 1 aromatic carbocycles. The van der Waals surface area contributed by atoms with Crippen LogP contribution in [0.25, 0.3) is 0 Å². The van der Waals surface area contributed by atoms with Gasteiger partial charge in [-0.25, -0.2) is 4.39 Å². The summed E-state index contributed by atoms with van der Waals surface area (Å²) >= 11 is 1.59. The van der Waals surface area contributed by atoms with Gasteiger partial charge in [-0.05, 0) is 59.9 Å². The van der Waals surface area contributed by atoms with Crippen molar-refractivity contribution in [1.29, 1.82) is 0 Å². The standard InChI is InChI=1S/C16H20FNOS/c1-12(2-3-13-4-6-15(17)7-5-13)18-10-16(19)14-8-9-20-11-14/h4-9,11-12,16,18-19H,2-3,10H2,1H3. The van der Waals surface area contributed by atoms with Gasteiger partial charge < -0.3 is 10.4 Å². The van der Waals surface area contributed by atoms with Gasteiger partial charge in [0.2, 0.25) is 0 Å². The predicted octanol–water partition coefficient (Wildman–Crippen LogP) is 3.53. The van der Waals surface area contributed by atoms with Crippen LogP contribution >= 0.6 is 11.3 Å². The maximum absolute atomic E-state index is 12.8. The average Bonchev–Trinajstić information content (AvgIpc) is 2.98. The van der Waals surface area contributed by atoms with Gasteiger partial charge >= 0.3 is 0 Å². The first-order valence-corrected chi connectivity index (χ1v) is 7.77. The Balaban J connectivity index is 1.70. The Hall–Kier alpha value is -1.23. The van der Waals surface area contributed by atoms with E-state index in [0.29, 0.717) is 12.6 Å². The van der Waals surface area contributed by atoms with Gasteiger partial charge in [0.05, 0.1) is 6.10 Å². The van der Waals surface area contributed by atoms with Crippen LogP contribution in [0, 0.1) is 5.82 Å². The third-order valence-corrected chi connectivity index (χ3v) is 4.07. The smallest absolute Gasteiger partial charge is 0.123 e. The van der Waals surface area contributed by atoms with Crippen LogP contribution in [-0.2, 0) is 6.42 Å². The van der Waals surface area contributed by atoms with E-state index in [1.807, 2.05) is 29.0 Å². The van der Waals surface area contributed by atoms with Crippen LogP contribution in [0.4, 0.5) is 4.39 Å². The van der Waals surface area contributed by atoms with Crippen LogP contribution < -0.4 is 5.32 Å². The summed E-state index contributed by atoms with van der Waals surface area (Å²) < 4.78 is 12.8. The second kappa shape index (κ2) is 7.53. The fraction of sp³-hybridized carbons (Fsp3) is 0.375. The van der Waals surface area contributed by atoms with Gasteiger partial charge in [0.25, 0.3) is 0 Å². The van der Waals surface area contributed by atoms with Gasteiger partial charge in [0, 0.05) is 12.6 Å².